The maximum atomic E-state index is 12.5. The van der Waals surface area contributed by atoms with Crippen molar-refractivity contribution in [2.24, 2.45) is 0 Å². The lowest BCUT2D eigenvalue weighted by atomic mass is 10.2. The average molecular weight is 442 g/mol. The lowest BCUT2D eigenvalue weighted by Crippen LogP contribution is -2.41. The van der Waals surface area contributed by atoms with E-state index in [0.717, 1.165) is 11.6 Å². The number of rotatable bonds is 7. The largest absolute Gasteiger partial charge is 0.361 e. The summed E-state index contributed by atoms with van der Waals surface area (Å²) in [7, 11) is -1.24. The van der Waals surface area contributed by atoms with Gasteiger partial charge in [0.05, 0.1) is 0 Å². The van der Waals surface area contributed by atoms with Crippen LogP contribution in [0.25, 0.3) is 11.2 Å². The lowest BCUT2D eigenvalue weighted by molar-refractivity contribution is -0.660. The van der Waals surface area contributed by atoms with Crippen molar-refractivity contribution < 1.29 is 9.30 Å². The molecule has 2 heterocycles. The van der Waals surface area contributed by atoms with Gasteiger partial charge in [0, 0.05) is 31.3 Å². The molecule has 0 aliphatic carbocycles. The molecule has 3 aromatic rings. The van der Waals surface area contributed by atoms with Crippen LogP contribution >= 0.6 is 23.2 Å². The van der Waals surface area contributed by atoms with Gasteiger partial charge in [-0.05, 0) is 23.7 Å². The summed E-state index contributed by atoms with van der Waals surface area (Å²) in [6, 6.07) is 8.23. The first-order valence-electron chi connectivity index (χ1n) is 8.92. The Hall–Kier alpha value is -1.87. The Labute approximate surface area is 172 Å². The van der Waals surface area contributed by atoms with E-state index in [0.29, 0.717) is 23.8 Å². The maximum Gasteiger partial charge on any atom is 0.355 e. The van der Waals surface area contributed by atoms with Crippen molar-refractivity contribution in [3.63, 3.8) is 0 Å². The first kappa shape index (κ1) is 20.9. The number of benzene rings is 1. The second kappa shape index (κ2) is 8.24. The van der Waals surface area contributed by atoms with Crippen molar-refractivity contribution in [1.82, 2.24) is 14.5 Å². The SMILES string of the molecule is C[Si](C)(C)CCOCn1c(=O)[nH]c(=O)c2c1[nH]c(Cl)[n+]2Cc1ccc(Cl)cc1. The van der Waals surface area contributed by atoms with Crippen LogP contribution in [0.1, 0.15) is 5.56 Å². The van der Waals surface area contributed by atoms with Crippen LogP contribution < -0.4 is 15.8 Å². The monoisotopic (exact) mass is 441 g/mol. The summed E-state index contributed by atoms with van der Waals surface area (Å²) < 4.78 is 8.67. The molecule has 2 N–H and O–H groups in total. The average Bonchev–Trinajstić information content (AvgIpc) is 2.92. The van der Waals surface area contributed by atoms with Crippen LogP contribution in [-0.2, 0) is 18.0 Å². The Balaban J connectivity index is 1.95. The van der Waals surface area contributed by atoms with Crippen molar-refractivity contribution in [3.05, 3.63) is 61.0 Å². The second-order valence-corrected chi connectivity index (χ2v) is 14.3. The Bertz CT molecular complexity index is 1100. The number of hydrogen-bond acceptors (Lipinski definition) is 3. The quantitative estimate of drug-likeness (QED) is 0.255. The summed E-state index contributed by atoms with van der Waals surface area (Å²) in [5.74, 6) is 0. The minimum atomic E-state index is -1.24. The van der Waals surface area contributed by atoms with Crippen molar-refractivity contribution in [2.45, 2.75) is 39.0 Å². The van der Waals surface area contributed by atoms with Crippen LogP contribution in [0.15, 0.2) is 33.9 Å². The van der Waals surface area contributed by atoms with Gasteiger partial charge in [-0.15, -0.1) is 0 Å². The molecular formula is C18H23Cl2N4O3Si+. The van der Waals surface area contributed by atoms with Crippen LogP contribution in [0, 0.1) is 0 Å². The standard InChI is InChI=1S/C18H22Cl2N4O3Si/c1-28(2,3)9-8-27-11-24-15-14(16(25)22-18(24)26)23(17(20)21-15)10-12-4-6-13(19)7-5-12/h4-7H,8-11H2,1-3H3,(H,22,25,26)/p+1. The molecule has 0 bridgehead atoms. The van der Waals surface area contributed by atoms with E-state index in [1.807, 2.05) is 12.1 Å². The van der Waals surface area contributed by atoms with Gasteiger partial charge in [0.2, 0.25) is 0 Å². The molecular weight excluding hydrogens is 419 g/mol. The predicted molar refractivity (Wildman–Crippen MR) is 113 cm³/mol. The molecule has 7 nitrogen and oxygen atoms in total. The fourth-order valence-electron chi connectivity index (χ4n) is 2.78. The summed E-state index contributed by atoms with van der Waals surface area (Å²) >= 11 is 12.3. The first-order valence-corrected chi connectivity index (χ1v) is 13.4. The van der Waals surface area contributed by atoms with E-state index in [-0.39, 0.29) is 17.5 Å². The van der Waals surface area contributed by atoms with Gasteiger partial charge in [-0.3, -0.25) is 9.78 Å². The van der Waals surface area contributed by atoms with Crippen LogP contribution in [0.3, 0.4) is 0 Å². The van der Waals surface area contributed by atoms with Crippen LogP contribution in [-0.4, -0.2) is 29.2 Å². The number of hydrogen-bond donors (Lipinski definition) is 2. The van der Waals surface area contributed by atoms with E-state index in [9.17, 15) is 9.59 Å². The molecule has 28 heavy (non-hydrogen) atoms. The van der Waals surface area contributed by atoms with Crippen LogP contribution in [0.4, 0.5) is 0 Å². The van der Waals surface area contributed by atoms with Gasteiger partial charge in [-0.25, -0.2) is 18.9 Å². The van der Waals surface area contributed by atoms with Gasteiger partial charge in [0.1, 0.15) is 13.3 Å². The van der Waals surface area contributed by atoms with Gasteiger partial charge in [-0.1, -0.05) is 43.4 Å². The summed E-state index contributed by atoms with van der Waals surface area (Å²) in [6.45, 7) is 7.71. The predicted octanol–water partition coefficient (Wildman–Crippen LogP) is 2.97. The Morgan fingerprint density at radius 3 is 2.43 bits per heavy atom. The third-order valence-corrected chi connectivity index (χ3v) is 6.63. The molecule has 0 aliphatic rings. The molecule has 0 amide bonds. The fourth-order valence-corrected chi connectivity index (χ4v) is 3.90. The minimum Gasteiger partial charge on any atom is -0.361 e. The topological polar surface area (TPSA) is 83.8 Å². The van der Waals surface area contributed by atoms with Gasteiger partial charge in [0.25, 0.3) is 11.2 Å². The van der Waals surface area contributed by atoms with E-state index in [2.05, 4.69) is 29.6 Å². The Morgan fingerprint density at radius 1 is 1.11 bits per heavy atom. The van der Waals surface area contributed by atoms with Gasteiger partial charge >= 0.3 is 16.5 Å². The molecule has 0 saturated heterocycles. The highest BCUT2D eigenvalue weighted by molar-refractivity contribution is 6.76. The first-order chi connectivity index (χ1) is 13.2. The van der Waals surface area contributed by atoms with E-state index < -0.39 is 19.3 Å². The molecule has 3 rings (SSSR count). The van der Waals surface area contributed by atoms with E-state index >= 15 is 0 Å². The number of aromatic nitrogens is 4. The van der Waals surface area contributed by atoms with Crippen molar-refractivity contribution in [1.29, 1.82) is 0 Å². The van der Waals surface area contributed by atoms with Gasteiger partial charge in [0.15, 0.2) is 0 Å². The molecule has 1 aromatic carbocycles. The molecule has 0 spiro atoms. The van der Waals surface area contributed by atoms with E-state index in [1.54, 1.807) is 16.7 Å². The normalized spacial score (nSPS) is 12.0. The molecule has 0 aliphatic heterocycles. The molecule has 0 atom stereocenters. The number of ether oxygens (including phenoxy) is 1. The highest BCUT2D eigenvalue weighted by Crippen LogP contribution is 2.13. The zero-order valence-corrected chi connectivity index (χ0v) is 18.5. The summed E-state index contributed by atoms with van der Waals surface area (Å²) in [6.07, 6.45) is 0. The van der Waals surface area contributed by atoms with Gasteiger partial charge < -0.3 is 4.74 Å². The third-order valence-electron chi connectivity index (χ3n) is 4.37. The van der Waals surface area contributed by atoms with Crippen LogP contribution in [0.2, 0.25) is 36.0 Å². The van der Waals surface area contributed by atoms with Crippen molar-refractivity contribution >= 4 is 42.4 Å². The number of H-pyrrole nitrogens is 2. The summed E-state index contributed by atoms with van der Waals surface area (Å²) in [5.41, 5.74) is 0.493. The number of nitrogens with one attached hydrogen (secondary N) is 2. The number of halogens is 2. The number of aromatic amines is 2. The maximum absolute atomic E-state index is 12.5. The highest BCUT2D eigenvalue weighted by Gasteiger charge is 2.24. The summed E-state index contributed by atoms with van der Waals surface area (Å²) in [5, 5.41) is 0.873. The number of fused-ring (bicyclic) bond motifs is 1. The third kappa shape index (κ3) is 4.75. The minimum absolute atomic E-state index is 0.0361. The Morgan fingerprint density at radius 2 is 1.79 bits per heavy atom. The molecule has 0 saturated carbocycles. The number of nitrogens with zero attached hydrogens (tertiary/aromatic N) is 2. The fraction of sp³-hybridized carbons (Fsp3) is 0.389. The molecule has 2 aromatic heterocycles. The van der Waals surface area contributed by atoms with E-state index in [1.165, 1.54) is 4.57 Å². The highest BCUT2D eigenvalue weighted by atomic mass is 35.5. The smallest absolute Gasteiger partial charge is 0.355 e. The molecule has 0 fully saturated rings. The molecule has 0 unspecified atom stereocenters. The van der Waals surface area contributed by atoms with Crippen molar-refractivity contribution in [3.8, 4) is 0 Å². The zero-order chi connectivity index (χ0) is 20.5. The van der Waals surface area contributed by atoms with E-state index in [4.69, 9.17) is 27.9 Å². The number of imidazole rings is 1. The second-order valence-electron chi connectivity index (χ2n) is 7.86. The van der Waals surface area contributed by atoms with Crippen LogP contribution in [0.5, 0.6) is 0 Å². The zero-order valence-electron chi connectivity index (χ0n) is 16.0. The molecule has 150 valence electrons. The Kier molecular flexibility index (Phi) is 6.14. The van der Waals surface area contributed by atoms with Crippen molar-refractivity contribution in [2.75, 3.05) is 6.61 Å². The van der Waals surface area contributed by atoms with Gasteiger partial charge in [-0.2, -0.15) is 0 Å². The molecule has 10 heteroatoms. The lowest BCUT2D eigenvalue weighted by Gasteiger charge is -2.15. The molecule has 0 radical (unpaired) electrons. The summed E-state index contributed by atoms with van der Waals surface area (Å²) in [4.78, 5) is 30.1.